The van der Waals surface area contributed by atoms with Crippen LogP contribution < -0.4 is 11.1 Å². The van der Waals surface area contributed by atoms with Gasteiger partial charge in [-0.3, -0.25) is 0 Å². The second-order valence-electron chi connectivity index (χ2n) is 2.35. The van der Waals surface area contributed by atoms with Crippen LogP contribution in [0.4, 0.5) is 11.8 Å². The average molecular weight is 231 g/mol. The van der Waals surface area contributed by atoms with Gasteiger partial charge in [0.1, 0.15) is 5.82 Å². The first-order chi connectivity index (χ1) is 5.74. The standard InChI is InChI=1S/C7H11BrN4/c1-2-3-10-7-11-4-5(8)6(9)12-7/h4H,2-3H2,1H3,(H3,9,10,11,12). The van der Waals surface area contributed by atoms with Gasteiger partial charge in [0.2, 0.25) is 5.95 Å². The molecule has 0 aromatic carbocycles. The van der Waals surface area contributed by atoms with Gasteiger partial charge in [0.05, 0.1) is 4.47 Å². The van der Waals surface area contributed by atoms with Gasteiger partial charge in [0.25, 0.3) is 0 Å². The largest absolute Gasteiger partial charge is 0.383 e. The van der Waals surface area contributed by atoms with Crippen LogP contribution in [0.3, 0.4) is 0 Å². The Morgan fingerprint density at radius 2 is 2.42 bits per heavy atom. The van der Waals surface area contributed by atoms with Gasteiger partial charge in [-0.15, -0.1) is 0 Å². The summed E-state index contributed by atoms with van der Waals surface area (Å²) in [6.45, 7) is 2.94. The average Bonchev–Trinajstić information content (AvgIpc) is 2.07. The zero-order chi connectivity index (χ0) is 8.97. The Kier molecular flexibility index (Phi) is 3.28. The molecular weight excluding hydrogens is 220 g/mol. The molecule has 0 radical (unpaired) electrons. The molecule has 66 valence electrons. The number of nitrogens with zero attached hydrogens (tertiary/aromatic N) is 2. The van der Waals surface area contributed by atoms with Gasteiger partial charge >= 0.3 is 0 Å². The van der Waals surface area contributed by atoms with Gasteiger partial charge < -0.3 is 11.1 Å². The summed E-state index contributed by atoms with van der Waals surface area (Å²) in [6, 6.07) is 0. The summed E-state index contributed by atoms with van der Waals surface area (Å²) < 4.78 is 0.726. The zero-order valence-electron chi connectivity index (χ0n) is 6.84. The third kappa shape index (κ3) is 2.34. The van der Waals surface area contributed by atoms with Crippen molar-refractivity contribution >= 4 is 27.7 Å². The fourth-order valence-corrected chi connectivity index (χ4v) is 0.893. The number of anilines is 2. The van der Waals surface area contributed by atoms with Crippen LogP contribution in [0, 0.1) is 0 Å². The topological polar surface area (TPSA) is 63.8 Å². The Labute approximate surface area is 79.7 Å². The van der Waals surface area contributed by atoms with Gasteiger partial charge in [0, 0.05) is 12.7 Å². The third-order valence-electron chi connectivity index (χ3n) is 1.30. The van der Waals surface area contributed by atoms with Crippen molar-refractivity contribution in [1.29, 1.82) is 0 Å². The van der Waals surface area contributed by atoms with E-state index in [0.717, 1.165) is 17.4 Å². The molecule has 5 heteroatoms. The molecule has 0 aliphatic heterocycles. The van der Waals surface area contributed by atoms with Crippen molar-refractivity contribution in [3.05, 3.63) is 10.7 Å². The van der Waals surface area contributed by atoms with Crippen molar-refractivity contribution in [3.63, 3.8) is 0 Å². The first kappa shape index (κ1) is 9.25. The Morgan fingerprint density at radius 3 is 3.00 bits per heavy atom. The minimum Gasteiger partial charge on any atom is -0.383 e. The van der Waals surface area contributed by atoms with E-state index in [1.54, 1.807) is 6.20 Å². The molecule has 3 N–H and O–H groups in total. The summed E-state index contributed by atoms with van der Waals surface area (Å²) in [5.41, 5.74) is 5.55. The third-order valence-corrected chi connectivity index (χ3v) is 1.92. The zero-order valence-corrected chi connectivity index (χ0v) is 8.43. The first-order valence-electron chi connectivity index (χ1n) is 3.76. The van der Waals surface area contributed by atoms with Crippen LogP contribution in [0.1, 0.15) is 13.3 Å². The van der Waals surface area contributed by atoms with Gasteiger partial charge in [0.15, 0.2) is 0 Å². The molecule has 0 aliphatic rings. The van der Waals surface area contributed by atoms with Crippen LogP contribution in [-0.2, 0) is 0 Å². The maximum Gasteiger partial charge on any atom is 0.224 e. The summed E-state index contributed by atoms with van der Waals surface area (Å²) in [5, 5.41) is 3.04. The molecule has 1 aromatic rings. The summed E-state index contributed by atoms with van der Waals surface area (Å²) in [7, 11) is 0. The molecule has 0 amide bonds. The van der Waals surface area contributed by atoms with E-state index in [1.165, 1.54) is 0 Å². The quantitative estimate of drug-likeness (QED) is 0.829. The fourth-order valence-electron chi connectivity index (χ4n) is 0.702. The van der Waals surface area contributed by atoms with E-state index in [4.69, 9.17) is 5.73 Å². The van der Waals surface area contributed by atoms with Crippen LogP contribution >= 0.6 is 15.9 Å². The van der Waals surface area contributed by atoms with Gasteiger partial charge in [-0.05, 0) is 22.4 Å². The van der Waals surface area contributed by atoms with Crippen molar-refractivity contribution in [3.8, 4) is 0 Å². The predicted octanol–water partition coefficient (Wildman–Crippen LogP) is 1.64. The fraction of sp³-hybridized carbons (Fsp3) is 0.429. The first-order valence-corrected chi connectivity index (χ1v) is 4.55. The van der Waals surface area contributed by atoms with Crippen molar-refractivity contribution in [2.75, 3.05) is 17.6 Å². The van der Waals surface area contributed by atoms with Crippen LogP contribution in [-0.4, -0.2) is 16.5 Å². The molecule has 1 rings (SSSR count). The molecule has 0 bridgehead atoms. The van der Waals surface area contributed by atoms with Crippen LogP contribution in [0.2, 0.25) is 0 Å². The number of rotatable bonds is 3. The minimum absolute atomic E-state index is 0.462. The lowest BCUT2D eigenvalue weighted by molar-refractivity contribution is 0.952. The molecule has 0 saturated carbocycles. The van der Waals surface area contributed by atoms with Crippen molar-refractivity contribution in [2.24, 2.45) is 0 Å². The normalized spacial score (nSPS) is 9.83. The maximum atomic E-state index is 5.55. The Balaban J connectivity index is 2.69. The molecule has 0 saturated heterocycles. The summed E-state index contributed by atoms with van der Waals surface area (Å²) in [6.07, 6.45) is 2.68. The molecule has 1 heterocycles. The summed E-state index contributed by atoms with van der Waals surface area (Å²) in [5.74, 6) is 1.04. The van der Waals surface area contributed by atoms with E-state index in [2.05, 4.69) is 38.1 Å². The highest BCUT2D eigenvalue weighted by Gasteiger charge is 1.99. The number of nitrogen functional groups attached to an aromatic ring is 1. The summed E-state index contributed by atoms with van der Waals surface area (Å²) >= 11 is 3.22. The van der Waals surface area contributed by atoms with E-state index < -0.39 is 0 Å². The molecular formula is C7H11BrN4. The minimum atomic E-state index is 0.462. The van der Waals surface area contributed by atoms with Crippen molar-refractivity contribution in [1.82, 2.24) is 9.97 Å². The van der Waals surface area contributed by atoms with E-state index in [0.29, 0.717) is 11.8 Å². The Bertz CT molecular complexity index is 264. The second kappa shape index (κ2) is 4.25. The predicted molar refractivity (Wildman–Crippen MR) is 52.9 cm³/mol. The molecule has 0 spiro atoms. The number of aromatic nitrogens is 2. The Morgan fingerprint density at radius 1 is 1.67 bits per heavy atom. The molecule has 0 aliphatic carbocycles. The van der Waals surface area contributed by atoms with Crippen LogP contribution in [0.5, 0.6) is 0 Å². The molecule has 1 aromatic heterocycles. The monoisotopic (exact) mass is 230 g/mol. The molecule has 0 atom stereocenters. The van der Waals surface area contributed by atoms with Crippen molar-refractivity contribution in [2.45, 2.75) is 13.3 Å². The van der Waals surface area contributed by atoms with Crippen LogP contribution in [0.15, 0.2) is 10.7 Å². The van der Waals surface area contributed by atoms with Gasteiger partial charge in [-0.2, -0.15) is 4.98 Å². The van der Waals surface area contributed by atoms with Gasteiger partial charge in [-0.25, -0.2) is 4.98 Å². The molecule has 0 unspecified atom stereocenters. The number of nitrogens with two attached hydrogens (primary N) is 1. The van der Waals surface area contributed by atoms with E-state index in [1.807, 2.05) is 0 Å². The lowest BCUT2D eigenvalue weighted by atomic mass is 10.5. The summed E-state index contributed by atoms with van der Waals surface area (Å²) in [4.78, 5) is 8.05. The molecule has 0 fully saturated rings. The maximum absolute atomic E-state index is 5.55. The van der Waals surface area contributed by atoms with E-state index in [9.17, 15) is 0 Å². The highest BCUT2D eigenvalue weighted by molar-refractivity contribution is 9.10. The molecule has 12 heavy (non-hydrogen) atoms. The Hall–Kier alpha value is -0.840. The second-order valence-corrected chi connectivity index (χ2v) is 3.21. The van der Waals surface area contributed by atoms with Crippen LogP contribution in [0.25, 0.3) is 0 Å². The SMILES string of the molecule is CCCNc1ncc(Br)c(N)n1. The number of hydrogen-bond acceptors (Lipinski definition) is 4. The lowest BCUT2D eigenvalue weighted by Gasteiger charge is -2.03. The highest BCUT2D eigenvalue weighted by Crippen LogP contribution is 2.15. The smallest absolute Gasteiger partial charge is 0.224 e. The number of nitrogens with one attached hydrogen (secondary N) is 1. The number of halogens is 1. The number of hydrogen-bond donors (Lipinski definition) is 2. The van der Waals surface area contributed by atoms with E-state index in [-0.39, 0.29) is 0 Å². The lowest BCUT2D eigenvalue weighted by Crippen LogP contribution is -2.05. The highest BCUT2D eigenvalue weighted by atomic mass is 79.9. The molecule has 4 nitrogen and oxygen atoms in total. The van der Waals surface area contributed by atoms with Crippen molar-refractivity contribution < 1.29 is 0 Å². The van der Waals surface area contributed by atoms with E-state index >= 15 is 0 Å². The van der Waals surface area contributed by atoms with Gasteiger partial charge in [-0.1, -0.05) is 6.92 Å².